The summed E-state index contributed by atoms with van der Waals surface area (Å²) in [6, 6.07) is 53.2. The van der Waals surface area contributed by atoms with Gasteiger partial charge in [-0.1, -0.05) is 120 Å². The van der Waals surface area contributed by atoms with E-state index in [4.69, 9.17) is 4.42 Å². The van der Waals surface area contributed by atoms with Gasteiger partial charge >= 0.3 is 6.85 Å². The third-order valence-corrected chi connectivity index (χ3v) is 16.4. The van der Waals surface area contributed by atoms with Gasteiger partial charge in [-0.05, 0) is 93.0 Å². The van der Waals surface area contributed by atoms with E-state index in [9.17, 15) is 0 Å². The molecule has 0 saturated heterocycles. The van der Waals surface area contributed by atoms with Crippen molar-refractivity contribution in [1.82, 2.24) is 4.57 Å². The molecule has 0 spiro atoms. The largest absolute Gasteiger partial charge is 0.456 e. The average molecular weight is 833 g/mol. The highest BCUT2D eigenvalue weighted by Crippen LogP contribution is 2.54. The Kier molecular flexibility index (Phi) is 6.70. The minimum Gasteiger partial charge on any atom is -0.456 e. The highest BCUT2D eigenvalue weighted by atomic mass is 32.1. The van der Waals surface area contributed by atoms with Gasteiger partial charge in [-0.15, -0.1) is 22.7 Å². The molecule has 12 aromatic rings. The van der Waals surface area contributed by atoms with Crippen LogP contribution in [0, 0.1) is 0 Å². The molecule has 0 saturated carbocycles. The first-order valence-electron chi connectivity index (χ1n) is 21.8. The van der Waals surface area contributed by atoms with Gasteiger partial charge < -0.3 is 13.8 Å². The van der Waals surface area contributed by atoms with Gasteiger partial charge in [-0.25, -0.2) is 0 Å². The average Bonchev–Trinajstić information content (AvgIpc) is 4.02. The van der Waals surface area contributed by atoms with Gasteiger partial charge in [0.05, 0.1) is 11.0 Å². The molecule has 0 aliphatic carbocycles. The number of thiophene rings is 2. The molecule has 0 fully saturated rings. The topological polar surface area (TPSA) is 21.3 Å². The highest BCUT2D eigenvalue weighted by molar-refractivity contribution is 7.27. The number of hydrogen-bond donors (Lipinski definition) is 0. The first-order chi connectivity index (χ1) is 30.0. The molecule has 0 bridgehead atoms. The molecule has 14 rings (SSSR count). The van der Waals surface area contributed by atoms with Crippen LogP contribution in [-0.2, 0) is 10.8 Å². The van der Waals surface area contributed by atoms with Crippen molar-refractivity contribution >= 4 is 136 Å². The van der Waals surface area contributed by atoms with Crippen LogP contribution >= 0.6 is 22.7 Å². The number of hydrogen-bond acceptors (Lipinski definition) is 4. The summed E-state index contributed by atoms with van der Waals surface area (Å²) in [5, 5.41) is 10.3. The molecule has 8 aromatic carbocycles. The third kappa shape index (κ3) is 4.51. The van der Waals surface area contributed by atoms with E-state index in [-0.39, 0.29) is 17.7 Å². The fraction of sp³-hybridized carbons (Fsp3) is 0.143. The SMILES string of the molecule is CC(C)(C)c1ccc(N2B3c4cc5c(cc4-n4c6ccc(C(C)(C)C)cc6c6c7sc8ccccc8c7c(c3c64)-c3cc4c(cc32)sc2ccccc24)oc2ccccc25)cc1. The summed E-state index contributed by atoms with van der Waals surface area (Å²) in [4.78, 5) is 2.70. The molecule has 296 valence electrons. The van der Waals surface area contributed by atoms with E-state index in [2.05, 4.69) is 190 Å². The van der Waals surface area contributed by atoms with Crippen LogP contribution in [0.4, 0.5) is 11.4 Å². The molecular formula is C56H41BN2OS2. The Labute approximate surface area is 367 Å². The molecule has 6 heteroatoms. The Hall–Kier alpha value is -6.34. The summed E-state index contributed by atoms with van der Waals surface area (Å²) in [6.07, 6.45) is 0. The minimum absolute atomic E-state index is 0.0131. The summed E-state index contributed by atoms with van der Waals surface area (Å²) in [6.45, 7) is 13.8. The van der Waals surface area contributed by atoms with Crippen molar-refractivity contribution in [3.63, 3.8) is 0 Å². The van der Waals surface area contributed by atoms with Gasteiger partial charge in [0.2, 0.25) is 0 Å². The second kappa shape index (κ2) is 11.8. The normalized spacial score (nSPS) is 13.9. The van der Waals surface area contributed by atoms with Gasteiger partial charge in [-0.2, -0.15) is 0 Å². The van der Waals surface area contributed by atoms with Crippen molar-refractivity contribution in [2.75, 3.05) is 4.81 Å². The molecule has 0 radical (unpaired) electrons. The van der Waals surface area contributed by atoms with E-state index in [1.165, 1.54) is 112 Å². The molecule has 2 aliphatic heterocycles. The fourth-order valence-electron chi connectivity index (χ4n) is 11.1. The van der Waals surface area contributed by atoms with Crippen LogP contribution in [0.15, 0.2) is 144 Å². The van der Waals surface area contributed by atoms with E-state index in [0.717, 1.165) is 21.9 Å². The zero-order valence-electron chi connectivity index (χ0n) is 35.5. The van der Waals surface area contributed by atoms with Crippen LogP contribution in [0.1, 0.15) is 52.7 Å². The maximum atomic E-state index is 6.74. The van der Waals surface area contributed by atoms with E-state index in [0.29, 0.717) is 0 Å². The maximum absolute atomic E-state index is 6.74. The lowest BCUT2D eigenvalue weighted by Crippen LogP contribution is -2.60. The Morgan fingerprint density at radius 2 is 1.21 bits per heavy atom. The standard InChI is InChI=1S/C56H41BN2OS2/c1-55(2,3)30-19-22-32(23-20-30)59-42-29-48-37(34-14-8-11-17-46(34)61-48)26-39(42)49-50-35-15-9-12-18-47(35)62-54(50)51-38-25-31(56(4,5)6)21-24-41(38)58-43-28-45-36(33-13-7-10-16-44(33)60-45)27-40(43)57(59)52(49)53(51)58/h7-29H,1-6H3. The molecule has 6 heterocycles. The van der Waals surface area contributed by atoms with Crippen molar-refractivity contribution in [1.29, 1.82) is 0 Å². The van der Waals surface area contributed by atoms with Crippen molar-refractivity contribution in [3.05, 3.63) is 151 Å². The number of furan rings is 1. The summed E-state index contributed by atoms with van der Waals surface area (Å²) >= 11 is 3.86. The Morgan fingerprint density at radius 1 is 0.516 bits per heavy atom. The molecule has 4 aromatic heterocycles. The summed E-state index contributed by atoms with van der Waals surface area (Å²) in [5.41, 5.74) is 16.1. The molecule has 2 aliphatic rings. The summed E-state index contributed by atoms with van der Waals surface area (Å²) in [7, 11) is 0. The molecule has 0 atom stereocenters. The van der Waals surface area contributed by atoms with Gasteiger partial charge in [0, 0.05) is 90.6 Å². The number of rotatable bonds is 1. The van der Waals surface area contributed by atoms with Crippen LogP contribution < -0.4 is 15.7 Å². The number of nitrogens with zero attached hydrogens (tertiary/aromatic N) is 2. The Balaban J connectivity index is 1.24. The number of fused-ring (bicyclic) bond motifs is 19. The number of aromatic nitrogens is 1. The second-order valence-corrected chi connectivity index (χ2v) is 21.8. The van der Waals surface area contributed by atoms with Crippen molar-refractivity contribution in [2.24, 2.45) is 0 Å². The molecule has 3 nitrogen and oxygen atoms in total. The summed E-state index contributed by atoms with van der Waals surface area (Å²) in [5.74, 6) is 0. The first kappa shape index (κ1) is 35.3. The van der Waals surface area contributed by atoms with Crippen LogP contribution in [0.5, 0.6) is 0 Å². The van der Waals surface area contributed by atoms with Gasteiger partial charge in [0.15, 0.2) is 0 Å². The zero-order valence-corrected chi connectivity index (χ0v) is 37.1. The van der Waals surface area contributed by atoms with Crippen molar-refractivity contribution in [2.45, 2.75) is 52.4 Å². The maximum Gasteiger partial charge on any atom is 0.333 e. The first-order valence-corrected chi connectivity index (χ1v) is 23.4. The monoisotopic (exact) mass is 832 g/mol. The van der Waals surface area contributed by atoms with E-state index < -0.39 is 0 Å². The molecular weight excluding hydrogens is 792 g/mol. The Morgan fingerprint density at radius 3 is 1.98 bits per heavy atom. The van der Waals surface area contributed by atoms with Crippen LogP contribution in [0.25, 0.3) is 101 Å². The van der Waals surface area contributed by atoms with Gasteiger partial charge in [-0.3, -0.25) is 0 Å². The molecule has 0 amide bonds. The third-order valence-electron chi connectivity index (χ3n) is 14.1. The lowest BCUT2D eigenvalue weighted by atomic mass is 9.43. The predicted octanol–water partition coefficient (Wildman–Crippen LogP) is 15.3. The second-order valence-electron chi connectivity index (χ2n) is 19.7. The smallest absolute Gasteiger partial charge is 0.333 e. The van der Waals surface area contributed by atoms with E-state index >= 15 is 0 Å². The zero-order chi connectivity index (χ0) is 41.6. The van der Waals surface area contributed by atoms with Crippen LogP contribution in [0.3, 0.4) is 0 Å². The quantitative estimate of drug-likeness (QED) is 0.154. The lowest BCUT2D eigenvalue weighted by Gasteiger charge is -2.42. The van der Waals surface area contributed by atoms with Crippen LogP contribution in [0.2, 0.25) is 0 Å². The molecule has 0 unspecified atom stereocenters. The lowest BCUT2D eigenvalue weighted by molar-refractivity contribution is 0.590. The number of para-hydroxylation sites is 1. The van der Waals surface area contributed by atoms with Crippen molar-refractivity contribution in [3.8, 4) is 16.8 Å². The van der Waals surface area contributed by atoms with Gasteiger partial charge in [0.1, 0.15) is 11.2 Å². The van der Waals surface area contributed by atoms with E-state index in [1.807, 2.05) is 22.7 Å². The number of anilines is 2. The Bertz CT molecular complexity index is 3960. The van der Waals surface area contributed by atoms with Crippen molar-refractivity contribution < 1.29 is 4.42 Å². The van der Waals surface area contributed by atoms with E-state index in [1.54, 1.807) is 0 Å². The molecule has 0 N–H and O–H groups in total. The highest BCUT2D eigenvalue weighted by Gasteiger charge is 2.46. The number of benzene rings is 8. The molecule has 62 heavy (non-hydrogen) atoms. The van der Waals surface area contributed by atoms with Gasteiger partial charge in [0.25, 0.3) is 0 Å². The van der Waals surface area contributed by atoms with Crippen LogP contribution in [-0.4, -0.2) is 11.4 Å². The summed E-state index contributed by atoms with van der Waals surface area (Å²) < 4.78 is 14.7. The minimum atomic E-state index is -0.123. The fourth-order valence-corrected chi connectivity index (χ4v) is 13.5. The predicted molar refractivity (Wildman–Crippen MR) is 270 cm³/mol.